The average Bonchev–Trinajstić information content (AvgIpc) is 2.79. The van der Waals surface area contributed by atoms with E-state index in [-0.39, 0.29) is 0 Å². The highest BCUT2D eigenvalue weighted by atomic mass is 32.2. The summed E-state index contributed by atoms with van der Waals surface area (Å²) in [7, 11) is 1.80. The Kier molecular flexibility index (Phi) is 2.60. The predicted molar refractivity (Wildman–Crippen MR) is 69.1 cm³/mol. The van der Waals surface area contributed by atoms with Crippen LogP contribution in [0.1, 0.15) is 0 Å². The van der Waals surface area contributed by atoms with E-state index in [9.17, 15) is 0 Å². The minimum absolute atomic E-state index is 0.715. The summed E-state index contributed by atoms with van der Waals surface area (Å²) < 4.78 is 1.62. The molecule has 0 unspecified atom stereocenters. The predicted octanol–water partition coefficient (Wildman–Crippen LogP) is 1.49. The van der Waals surface area contributed by atoms with Crippen LogP contribution in [-0.2, 0) is 7.05 Å². The topological polar surface area (TPSA) is 82.5 Å². The molecule has 6 nitrogen and oxygen atoms in total. The number of nitrogens with two attached hydrogens (primary N) is 1. The van der Waals surface area contributed by atoms with Crippen molar-refractivity contribution in [3.63, 3.8) is 0 Å². The lowest BCUT2D eigenvalue weighted by atomic mass is 10.2. The molecule has 7 heteroatoms. The van der Waals surface area contributed by atoms with Crippen LogP contribution in [0, 0.1) is 0 Å². The van der Waals surface area contributed by atoms with E-state index in [1.54, 1.807) is 17.9 Å². The summed E-state index contributed by atoms with van der Waals surface area (Å²) in [4.78, 5) is 5.36. The Balaban J connectivity index is 2.13. The van der Waals surface area contributed by atoms with E-state index in [1.807, 2.05) is 24.3 Å². The molecule has 3 rings (SSSR count). The number of rotatable bonds is 2. The molecule has 0 spiro atoms. The number of anilines is 1. The van der Waals surface area contributed by atoms with Gasteiger partial charge in [-0.15, -0.1) is 5.10 Å². The number of benzene rings is 1. The van der Waals surface area contributed by atoms with Crippen molar-refractivity contribution in [3.8, 4) is 0 Å². The molecule has 0 radical (unpaired) electrons. The van der Waals surface area contributed by atoms with Crippen LogP contribution in [0.25, 0.3) is 10.9 Å². The molecule has 0 aliphatic carbocycles. The Hall–Kier alpha value is -2.15. The number of nitrogens with zero attached hydrogens (tertiary/aromatic N) is 5. The number of fused-ring (bicyclic) bond motifs is 1. The largest absolute Gasteiger partial charge is 0.398 e. The lowest BCUT2D eigenvalue weighted by Crippen LogP contribution is -1.94. The molecule has 0 saturated heterocycles. The van der Waals surface area contributed by atoms with Crippen LogP contribution in [0.3, 0.4) is 0 Å². The maximum Gasteiger partial charge on any atom is 0.213 e. The van der Waals surface area contributed by atoms with Gasteiger partial charge in [-0.25, -0.2) is 4.68 Å². The van der Waals surface area contributed by atoms with Crippen LogP contribution in [0.4, 0.5) is 5.69 Å². The van der Waals surface area contributed by atoms with Gasteiger partial charge in [-0.05, 0) is 46.5 Å². The van der Waals surface area contributed by atoms with Crippen molar-refractivity contribution in [1.82, 2.24) is 25.2 Å². The monoisotopic (exact) mass is 258 g/mol. The second kappa shape index (κ2) is 4.26. The molecule has 0 aliphatic rings. The lowest BCUT2D eigenvalue weighted by molar-refractivity contribution is 0.664. The molecular weight excluding hydrogens is 248 g/mol. The molecule has 18 heavy (non-hydrogen) atoms. The second-order valence-electron chi connectivity index (χ2n) is 3.74. The first-order valence-corrected chi connectivity index (χ1v) is 6.11. The Morgan fingerprint density at radius 1 is 1.28 bits per heavy atom. The fraction of sp³-hybridized carbons (Fsp3) is 0.0909. The van der Waals surface area contributed by atoms with Gasteiger partial charge in [0.15, 0.2) is 0 Å². The highest BCUT2D eigenvalue weighted by molar-refractivity contribution is 7.99. The molecule has 3 aromatic rings. The van der Waals surface area contributed by atoms with Crippen molar-refractivity contribution < 1.29 is 0 Å². The van der Waals surface area contributed by atoms with Crippen molar-refractivity contribution in [3.05, 3.63) is 30.5 Å². The highest BCUT2D eigenvalue weighted by Crippen LogP contribution is 2.32. The summed E-state index contributed by atoms with van der Waals surface area (Å²) in [5.74, 6) is 0. The third-order valence-corrected chi connectivity index (χ3v) is 3.63. The molecule has 2 N–H and O–H groups in total. The normalized spacial score (nSPS) is 10.9. The van der Waals surface area contributed by atoms with Crippen LogP contribution in [-0.4, -0.2) is 25.2 Å². The number of pyridine rings is 1. The molecule has 0 fully saturated rings. The van der Waals surface area contributed by atoms with Crippen molar-refractivity contribution in [2.24, 2.45) is 7.05 Å². The minimum Gasteiger partial charge on any atom is -0.398 e. The maximum absolute atomic E-state index is 5.93. The van der Waals surface area contributed by atoms with Crippen LogP contribution in [0.2, 0.25) is 0 Å². The zero-order valence-electron chi connectivity index (χ0n) is 9.61. The van der Waals surface area contributed by atoms with Crippen LogP contribution in [0.15, 0.2) is 40.5 Å². The van der Waals surface area contributed by atoms with Gasteiger partial charge in [0.25, 0.3) is 0 Å². The number of nitrogen functional groups attached to an aromatic ring is 1. The highest BCUT2D eigenvalue weighted by Gasteiger charge is 2.10. The SMILES string of the molecule is Cn1nnnc1Sc1ccc(N)c2cccnc12. The Labute approximate surface area is 107 Å². The van der Waals surface area contributed by atoms with E-state index in [1.165, 1.54) is 11.8 Å². The first kappa shape index (κ1) is 11.0. The molecule has 2 heterocycles. The second-order valence-corrected chi connectivity index (χ2v) is 4.75. The number of hydrogen-bond donors (Lipinski definition) is 1. The van der Waals surface area contributed by atoms with Crippen molar-refractivity contribution in [2.45, 2.75) is 10.1 Å². The van der Waals surface area contributed by atoms with E-state index in [0.29, 0.717) is 5.16 Å². The van der Waals surface area contributed by atoms with Gasteiger partial charge in [0.05, 0.1) is 5.52 Å². The van der Waals surface area contributed by atoms with Gasteiger partial charge in [-0.1, -0.05) is 0 Å². The summed E-state index contributed by atoms with van der Waals surface area (Å²) in [6.07, 6.45) is 1.75. The van der Waals surface area contributed by atoms with E-state index in [4.69, 9.17) is 5.73 Å². The number of hydrogen-bond acceptors (Lipinski definition) is 6. The zero-order valence-corrected chi connectivity index (χ0v) is 10.4. The molecular formula is C11H10N6S. The summed E-state index contributed by atoms with van der Waals surface area (Å²) in [6, 6.07) is 7.63. The van der Waals surface area contributed by atoms with Gasteiger partial charge in [0.1, 0.15) is 0 Å². The number of aromatic nitrogens is 5. The smallest absolute Gasteiger partial charge is 0.213 e. The number of tetrazole rings is 1. The first-order chi connectivity index (χ1) is 8.75. The summed E-state index contributed by atoms with van der Waals surface area (Å²) in [5, 5.41) is 13.0. The maximum atomic E-state index is 5.93. The Bertz CT molecular complexity index is 708. The Morgan fingerprint density at radius 3 is 2.94 bits per heavy atom. The summed E-state index contributed by atoms with van der Waals surface area (Å²) in [5.41, 5.74) is 7.52. The molecule has 0 atom stereocenters. The van der Waals surface area contributed by atoms with E-state index < -0.39 is 0 Å². The molecule has 0 saturated carbocycles. The van der Waals surface area contributed by atoms with E-state index in [2.05, 4.69) is 20.5 Å². The first-order valence-electron chi connectivity index (χ1n) is 5.29. The zero-order chi connectivity index (χ0) is 12.5. The Morgan fingerprint density at radius 2 is 2.17 bits per heavy atom. The van der Waals surface area contributed by atoms with Gasteiger partial charge in [-0.3, -0.25) is 4.98 Å². The van der Waals surface area contributed by atoms with Gasteiger partial charge in [0, 0.05) is 29.2 Å². The molecule has 2 aromatic heterocycles. The van der Waals surface area contributed by atoms with Crippen LogP contribution < -0.4 is 5.73 Å². The van der Waals surface area contributed by atoms with Crippen molar-refractivity contribution >= 4 is 28.4 Å². The van der Waals surface area contributed by atoms with E-state index in [0.717, 1.165) is 21.5 Å². The van der Waals surface area contributed by atoms with E-state index >= 15 is 0 Å². The average molecular weight is 258 g/mol. The third kappa shape index (κ3) is 1.78. The fourth-order valence-corrected chi connectivity index (χ4v) is 2.50. The summed E-state index contributed by atoms with van der Waals surface area (Å²) in [6.45, 7) is 0. The molecule has 0 amide bonds. The van der Waals surface area contributed by atoms with Crippen molar-refractivity contribution in [2.75, 3.05) is 5.73 Å². The van der Waals surface area contributed by atoms with Gasteiger partial charge in [-0.2, -0.15) is 0 Å². The summed E-state index contributed by atoms with van der Waals surface area (Å²) >= 11 is 1.47. The molecule has 0 bridgehead atoms. The fourth-order valence-electron chi connectivity index (χ4n) is 1.66. The van der Waals surface area contributed by atoms with Gasteiger partial charge < -0.3 is 5.73 Å². The quantitative estimate of drug-likeness (QED) is 0.701. The van der Waals surface area contributed by atoms with Gasteiger partial charge in [0.2, 0.25) is 5.16 Å². The van der Waals surface area contributed by atoms with Crippen molar-refractivity contribution in [1.29, 1.82) is 0 Å². The van der Waals surface area contributed by atoms with Crippen LogP contribution >= 0.6 is 11.8 Å². The molecule has 90 valence electrons. The standard InChI is InChI=1S/C11H10N6S/c1-17-11(14-15-16-17)18-9-5-4-8(12)7-3-2-6-13-10(7)9/h2-6H,12H2,1H3. The van der Waals surface area contributed by atoms with Crippen LogP contribution in [0.5, 0.6) is 0 Å². The molecule has 1 aromatic carbocycles. The van der Waals surface area contributed by atoms with Gasteiger partial charge >= 0.3 is 0 Å². The third-order valence-electron chi connectivity index (χ3n) is 2.55. The number of aryl methyl sites for hydroxylation is 1. The lowest BCUT2D eigenvalue weighted by Gasteiger charge is -2.06. The minimum atomic E-state index is 0.715. The molecule has 0 aliphatic heterocycles.